The molecule has 1 aromatic rings. The standard InChI is InChI=1S/C13H18FIO/c1-10(2)8-16-13(3,9-15)11-6-4-5-7-12(11)14/h4-7,10H,8-9H2,1-3H3. The van der Waals surface area contributed by atoms with Crippen molar-refractivity contribution >= 4 is 22.6 Å². The number of rotatable bonds is 5. The van der Waals surface area contributed by atoms with E-state index in [-0.39, 0.29) is 5.82 Å². The van der Waals surface area contributed by atoms with E-state index in [1.54, 1.807) is 12.1 Å². The highest BCUT2D eigenvalue weighted by Gasteiger charge is 2.29. The molecular formula is C13H18FIO. The minimum Gasteiger partial charge on any atom is -0.369 e. The molecule has 1 rings (SSSR count). The van der Waals surface area contributed by atoms with Gasteiger partial charge in [-0.05, 0) is 18.9 Å². The molecule has 0 aliphatic rings. The number of benzene rings is 1. The van der Waals surface area contributed by atoms with E-state index in [0.29, 0.717) is 18.1 Å². The predicted octanol–water partition coefficient (Wildman–Crippen LogP) is 4.15. The van der Waals surface area contributed by atoms with Gasteiger partial charge in [-0.1, -0.05) is 54.6 Å². The van der Waals surface area contributed by atoms with Crippen LogP contribution in [0.3, 0.4) is 0 Å². The molecule has 0 saturated heterocycles. The summed E-state index contributed by atoms with van der Waals surface area (Å²) in [7, 11) is 0. The van der Waals surface area contributed by atoms with Gasteiger partial charge in [-0.25, -0.2) is 4.39 Å². The molecule has 0 aromatic heterocycles. The van der Waals surface area contributed by atoms with Crippen LogP contribution in [0, 0.1) is 11.7 Å². The first-order valence-corrected chi connectivity index (χ1v) is 6.97. The van der Waals surface area contributed by atoms with Gasteiger partial charge in [-0.2, -0.15) is 0 Å². The zero-order valence-electron chi connectivity index (χ0n) is 9.97. The van der Waals surface area contributed by atoms with Crippen molar-refractivity contribution < 1.29 is 9.13 Å². The van der Waals surface area contributed by atoms with Gasteiger partial charge in [0.15, 0.2) is 0 Å². The molecule has 0 bridgehead atoms. The first-order chi connectivity index (χ1) is 7.49. The molecule has 1 unspecified atom stereocenters. The van der Waals surface area contributed by atoms with Crippen LogP contribution in [0.4, 0.5) is 4.39 Å². The third-order valence-corrected chi connectivity index (χ3v) is 3.89. The van der Waals surface area contributed by atoms with Gasteiger partial charge in [0.05, 0.1) is 6.61 Å². The van der Waals surface area contributed by atoms with Gasteiger partial charge in [0.1, 0.15) is 11.4 Å². The van der Waals surface area contributed by atoms with E-state index in [1.165, 1.54) is 6.07 Å². The van der Waals surface area contributed by atoms with Crippen LogP contribution in [0.2, 0.25) is 0 Å². The van der Waals surface area contributed by atoms with Crippen LogP contribution in [0.5, 0.6) is 0 Å². The van der Waals surface area contributed by atoms with Crippen LogP contribution in [-0.4, -0.2) is 11.0 Å². The highest BCUT2D eigenvalue weighted by Crippen LogP contribution is 2.30. The van der Waals surface area contributed by atoms with E-state index >= 15 is 0 Å². The lowest BCUT2D eigenvalue weighted by atomic mass is 9.97. The lowest BCUT2D eigenvalue weighted by Gasteiger charge is -2.29. The summed E-state index contributed by atoms with van der Waals surface area (Å²) in [5, 5.41) is 0. The predicted molar refractivity (Wildman–Crippen MR) is 73.4 cm³/mol. The lowest BCUT2D eigenvalue weighted by molar-refractivity contribution is -0.0311. The van der Waals surface area contributed by atoms with Crippen LogP contribution >= 0.6 is 22.6 Å². The number of ether oxygens (including phenoxy) is 1. The highest BCUT2D eigenvalue weighted by atomic mass is 127. The molecule has 0 radical (unpaired) electrons. The number of alkyl halides is 1. The highest BCUT2D eigenvalue weighted by molar-refractivity contribution is 14.1. The first kappa shape index (κ1) is 13.9. The Bertz CT molecular complexity index is 340. The number of hydrogen-bond acceptors (Lipinski definition) is 1. The molecule has 0 N–H and O–H groups in total. The number of halogens is 2. The number of hydrogen-bond donors (Lipinski definition) is 0. The molecule has 0 heterocycles. The smallest absolute Gasteiger partial charge is 0.129 e. The van der Waals surface area contributed by atoms with Gasteiger partial charge in [0.2, 0.25) is 0 Å². The Kier molecular flexibility index (Phi) is 5.18. The third-order valence-electron chi connectivity index (χ3n) is 2.43. The maximum absolute atomic E-state index is 13.7. The molecule has 0 fully saturated rings. The van der Waals surface area contributed by atoms with Crippen molar-refractivity contribution in [2.45, 2.75) is 26.4 Å². The largest absolute Gasteiger partial charge is 0.369 e. The Morgan fingerprint density at radius 1 is 1.38 bits per heavy atom. The van der Waals surface area contributed by atoms with E-state index < -0.39 is 5.60 Å². The van der Waals surface area contributed by atoms with Gasteiger partial charge in [-0.15, -0.1) is 0 Å². The topological polar surface area (TPSA) is 9.23 Å². The molecule has 1 atom stereocenters. The quantitative estimate of drug-likeness (QED) is 0.580. The molecule has 90 valence electrons. The summed E-state index contributed by atoms with van der Waals surface area (Å²) in [4.78, 5) is 0. The van der Waals surface area contributed by atoms with Crippen molar-refractivity contribution in [3.05, 3.63) is 35.6 Å². The summed E-state index contributed by atoms with van der Waals surface area (Å²) in [5.74, 6) is 0.263. The molecule has 1 aromatic carbocycles. The van der Waals surface area contributed by atoms with Crippen molar-refractivity contribution in [1.82, 2.24) is 0 Å². The van der Waals surface area contributed by atoms with Gasteiger partial charge in [0.25, 0.3) is 0 Å². The summed E-state index contributed by atoms with van der Waals surface area (Å²) >= 11 is 2.24. The Morgan fingerprint density at radius 3 is 2.50 bits per heavy atom. The maximum Gasteiger partial charge on any atom is 0.129 e. The van der Waals surface area contributed by atoms with Crippen LogP contribution in [0.1, 0.15) is 26.3 Å². The Hall–Kier alpha value is -0.160. The fourth-order valence-corrected chi connectivity index (χ4v) is 2.06. The maximum atomic E-state index is 13.7. The fraction of sp³-hybridized carbons (Fsp3) is 0.538. The summed E-state index contributed by atoms with van der Waals surface area (Å²) < 4.78 is 20.3. The zero-order chi connectivity index (χ0) is 12.2. The monoisotopic (exact) mass is 336 g/mol. The van der Waals surface area contributed by atoms with Gasteiger partial charge < -0.3 is 4.74 Å². The second-order valence-electron chi connectivity index (χ2n) is 4.55. The van der Waals surface area contributed by atoms with E-state index in [9.17, 15) is 4.39 Å². The van der Waals surface area contributed by atoms with Crippen LogP contribution in [0.15, 0.2) is 24.3 Å². The molecule has 0 spiro atoms. The van der Waals surface area contributed by atoms with E-state index in [4.69, 9.17) is 4.74 Å². The molecule has 0 amide bonds. The van der Waals surface area contributed by atoms with Crippen LogP contribution in [0.25, 0.3) is 0 Å². The zero-order valence-corrected chi connectivity index (χ0v) is 12.1. The third kappa shape index (κ3) is 3.42. The molecule has 3 heteroatoms. The average molecular weight is 336 g/mol. The lowest BCUT2D eigenvalue weighted by Crippen LogP contribution is -2.30. The average Bonchev–Trinajstić information content (AvgIpc) is 2.26. The summed E-state index contributed by atoms with van der Waals surface area (Å²) in [6.07, 6.45) is 0. The molecule has 0 saturated carbocycles. The van der Waals surface area contributed by atoms with E-state index in [0.717, 1.165) is 4.43 Å². The van der Waals surface area contributed by atoms with Crippen molar-refractivity contribution in [2.75, 3.05) is 11.0 Å². The Morgan fingerprint density at radius 2 is 2.00 bits per heavy atom. The van der Waals surface area contributed by atoms with Gasteiger partial charge in [-0.3, -0.25) is 0 Å². The normalized spacial score (nSPS) is 15.1. The minimum atomic E-state index is -0.532. The van der Waals surface area contributed by atoms with Crippen molar-refractivity contribution in [3.8, 4) is 0 Å². The second-order valence-corrected chi connectivity index (χ2v) is 5.31. The summed E-state index contributed by atoms with van der Waals surface area (Å²) in [6, 6.07) is 6.84. The summed E-state index contributed by atoms with van der Waals surface area (Å²) in [6.45, 7) is 6.78. The molecule has 1 nitrogen and oxygen atoms in total. The fourth-order valence-electron chi connectivity index (χ4n) is 1.43. The van der Waals surface area contributed by atoms with Crippen molar-refractivity contribution in [1.29, 1.82) is 0 Å². The van der Waals surface area contributed by atoms with Crippen LogP contribution in [-0.2, 0) is 10.3 Å². The van der Waals surface area contributed by atoms with Gasteiger partial charge >= 0.3 is 0 Å². The molecule has 16 heavy (non-hydrogen) atoms. The molecule has 0 aliphatic heterocycles. The Balaban J connectivity index is 2.91. The Labute approximate surface area is 111 Å². The SMILES string of the molecule is CC(C)COC(C)(CI)c1ccccc1F. The van der Waals surface area contributed by atoms with Gasteiger partial charge in [0, 0.05) is 9.99 Å². The second kappa shape index (κ2) is 5.96. The van der Waals surface area contributed by atoms with Crippen LogP contribution < -0.4 is 0 Å². The molecular weight excluding hydrogens is 318 g/mol. The van der Waals surface area contributed by atoms with E-state index in [1.807, 2.05) is 13.0 Å². The molecule has 0 aliphatic carbocycles. The van der Waals surface area contributed by atoms with Crippen molar-refractivity contribution in [2.24, 2.45) is 5.92 Å². The first-order valence-electron chi connectivity index (χ1n) is 5.44. The van der Waals surface area contributed by atoms with E-state index in [2.05, 4.69) is 36.4 Å². The van der Waals surface area contributed by atoms with Crippen molar-refractivity contribution in [3.63, 3.8) is 0 Å². The summed E-state index contributed by atoms with van der Waals surface area (Å²) in [5.41, 5.74) is 0.112. The minimum absolute atomic E-state index is 0.189.